The highest BCUT2D eigenvalue weighted by atomic mass is 35.5. The van der Waals surface area contributed by atoms with Gasteiger partial charge in [0.15, 0.2) is 0 Å². The van der Waals surface area contributed by atoms with E-state index in [2.05, 4.69) is 6.92 Å². The van der Waals surface area contributed by atoms with Crippen LogP contribution in [0.2, 0.25) is 5.02 Å². The Hall–Kier alpha value is -1.22. The van der Waals surface area contributed by atoms with Gasteiger partial charge in [-0.25, -0.2) is 4.79 Å². The Labute approximate surface area is 101 Å². The lowest BCUT2D eigenvalue weighted by Crippen LogP contribution is -2.09. The molecule has 1 aromatic rings. The van der Waals surface area contributed by atoms with Crippen LogP contribution >= 0.6 is 11.6 Å². The lowest BCUT2D eigenvalue weighted by Gasteiger charge is -2.07. The second-order valence-electron chi connectivity index (χ2n) is 3.54. The van der Waals surface area contributed by atoms with E-state index in [-0.39, 0.29) is 5.69 Å². The fraction of sp³-hybridized carbons (Fsp3) is 0.417. The normalized spacial score (nSPS) is 10.1. The Morgan fingerprint density at radius 3 is 2.88 bits per heavy atom. The van der Waals surface area contributed by atoms with Gasteiger partial charge in [-0.15, -0.1) is 0 Å². The Bertz CT molecular complexity index is 366. The molecule has 0 saturated carbocycles. The van der Waals surface area contributed by atoms with E-state index in [4.69, 9.17) is 22.1 Å². The van der Waals surface area contributed by atoms with E-state index in [0.717, 1.165) is 19.3 Å². The second kappa shape index (κ2) is 6.38. The van der Waals surface area contributed by atoms with Gasteiger partial charge in [0.05, 0.1) is 22.9 Å². The molecule has 0 spiro atoms. The molecule has 16 heavy (non-hydrogen) atoms. The van der Waals surface area contributed by atoms with Crippen molar-refractivity contribution in [3.63, 3.8) is 0 Å². The van der Waals surface area contributed by atoms with Gasteiger partial charge in [-0.3, -0.25) is 0 Å². The number of halogens is 1. The molecule has 0 bridgehead atoms. The summed E-state index contributed by atoms with van der Waals surface area (Å²) in [5.74, 6) is -0.406. The molecule has 4 heteroatoms. The lowest BCUT2D eigenvalue weighted by molar-refractivity contribution is 0.0499. The molecule has 88 valence electrons. The first-order valence-corrected chi connectivity index (χ1v) is 5.75. The number of benzene rings is 1. The van der Waals surface area contributed by atoms with Crippen molar-refractivity contribution in [3.05, 3.63) is 28.8 Å². The zero-order valence-corrected chi connectivity index (χ0v) is 10.1. The predicted octanol–water partition coefficient (Wildman–Crippen LogP) is 3.27. The zero-order chi connectivity index (χ0) is 12.0. The number of unbranched alkanes of at least 4 members (excludes halogenated alkanes) is 2. The maximum Gasteiger partial charge on any atom is 0.340 e. The minimum atomic E-state index is -0.406. The van der Waals surface area contributed by atoms with Crippen LogP contribution in [0.1, 0.15) is 36.5 Å². The summed E-state index contributed by atoms with van der Waals surface area (Å²) in [6.45, 7) is 2.52. The minimum Gasteiger partial charge on any atom is -0.462 e. The molecule has 0 radical (unpaired) electrons. The van der Waals surface area contributed by atoms with Gasteiger partial charge in [-0.1, -0.05) is 37.4 Å². The van der Waals surface area contributed by atoms with E-state index >= 15 is 0 Å². The fourth-order valence-corrected chi connectivity index (χ4v) is 1.48. The van der Waals surface area contributed by atoms with Crippen LogP contribution in [0.3, 0.4) is 0 Å². The molecule has 3 nitrogen and oxygen atoms in total. The first kappa shape index (κ1) is 12.8. The Morgan fingerprint density at radius 2 is 2.19 bits per heavy atom. The van der Waals surface area contributed by atoms with Crippen LogP contribution < -0.4 is 5.73 Å². The average molecular weight is 242 g/mol. The molecule has 0 heterocycles. The SMILES string of the molecule is CCCCCOC(=O)c1cccc(Cl)c1N. The van der Waals surface area contributed by atoms with Crippen LogP contribution in [0.25, 0.3) is 0 Å². The smallest absolute Gasteiger partial charge is 0.340 e. The maximum atomic E-state index is 11.6. The van der Waals surface area contributed by atoms with Crippen molar-refractivity contribution in [1.82, 2.24) is 0 Å². The number of hydrogen-bond donors (Lipinski definition) is 1. The second-order valence-corrected chi connectivity index (χ2v) is 3.95. The summed E-state index contributed by atoms with van der Waals surface area (Å²) in [4.78, 5) is 11.6. The van der Waals surface area contributed by atoms with Gasteiger partial charge >= 0.3 is 5.97 Å². The van der Waals surface area contributed by atoms with Gasteiger partial charge in [0, 0.05) is 0 Å². The number of nitrogen functional groups attached to an aromatic ring is 1. The van der Waals surface area contributed by atoms with E-state index < -0.39 is 5.97 Å². The number of hydrogen-bond acceptors (Lipinski definition) is 3. The van der Waals surface area contributed by atoms with Gasteiger partial charge in [0.1, 0.15) is 0 Å². The number of esters is 1. The number of anilines is 1. The summed E-state index contributed by atoms with van der Waals surface area (Å²) in [5, 5.41) is 0.378. The largest absolute Gasteiger partial charge is 0.462 e. The molecule has 1 aromatic carbocycles. The summed E-state index contributed by atoms with van der Waals surface area (Å²) >= 11 is 5.81. The molecule has 2 N–H and O–H groups in total. The van der Waals surface area contributed by atoms with Crippen LogP contribution in [-0.4, -0.2) is 12.6 Å². The molecule has 1 rings (SSSR count). The van der Waals surface area contributed by atoms with Crippen molar-refractivity contribution in [3.8, 4) is 0 Å². The highest BCUT2D eigenvalue weighted by molar-refractivity contribution is 6.33. The predicted molar refractivity (Wildman–Crippen MR) is 65.7 cm³/mol. The van der Waals surface area contributed by atoms with Crippen LogP contribution in [0.5, 0.6) is 0 Å². The van der Waals surface area contributed by atoms with Crippen LogP contribution in [-0.2, 0) is 4.74 Å². The summed E-state index contributed by atoms with van der Waals surface area (Å²) in [7, 11) is 0. The number of nitrogens with two attached hydrogens (primary N) is 1. The monoisotopic (exact) mass is 241 g/mol. The first-order chi connectivity index (χ1) is 7.66. The molecule has 0 aliphatic rings. The summed E-state index contributed by atoms with van der Waals surface area (Å²) < 4.78 is 5.09. The minimum absolute atomic E-state index is 0.282. The van der Waals surface area contributed by atoms with E-state index in [1.807, 2.05) is 0 Å². The van der Waals surface area contributed by atoms with Crippen molar-refractivity contribution in [1.29, 1.82) is 0 Å². The average Bonchev–Trinajstić information content (AvgIpc) is 2.28. The molecule has 0 saturated heterocycles. The summed E-state index contributed by atoms with van der Waals surface area (Å²) in [6.07, 6.45) is 3.03. The van der Waals surface area contributed by atoms with Gasteiger partial charge in [0.25, 0.3) is 0 Å². The van der Waals surface area contributed by atoms with E-state index in [0.29, 0.717) is 17.2 Å². The molecule has 0 atom stereocenters. The van der Waals surface area contributed by atoms with Gasteiger partial charge in [0.2, 0.25) is 0 Å². The Balaban J connectivity index is 2.56. The molecule has 0 amide bonds. The molecule has 0 aliphatic carbocycles. The van der Waals surface area contributed by atoms with Crippen molar-refractivity contribution in [2.45, 2.75) is 26.2 Å². The van der Waals surface area contributed by atoms with Crippen molar-refractivity contribution >= 4 is 23.3 Å². The van der Waals surface area contributed by atoms with Gasteiger partial charge < -0.3 is 10.5 Å². The zero-order valence-electron chi connectivity index (χ0n) is 9.33. The molecule has 0 fully saturated rings. The van der Waals surface area contributed by atoms with Crippen LogP contribution in [0.4, 0.5) is 5.69 Å². The molecular formula is C12H16ClNO2. The number of rotatable bonds is 5. The number of carbonyl (C=O) groups excluding carboxylic acids is 1. The van der Waals surface area contributed by atoms with E-state index in [1.165, 1.54) is 0 Å². The summed E-state index contributed by atoms with van der Waals surface area (Å²) in [6, 6.07) is 4.94. The number of para-hydroxylation sites is 1. The number of carbonyl (C=O) groups is 1. The van der Waals surface area contributed by atoms with Crippen molar-refractivity contribution in [2.75, 3.05) is 12.3 Å². The third-order valence-electron chi connectivity index (χ3n) is 2.25. The molecule has 0 aromatic heterocycles. The topological polar surface area (TPSA) is 52.3 Å². The summed E-state index contributed by atoms with van der Waals surface area (Å²) in [5.41, 5.74) is 6.30. The van der Waals surface area contributed by atoms with Gasteiger partial charge in [-0.05, 0) is 18.6 Å². The van der Waals surface area contributed by atoms with E-state index in [1.54, 1.807) is 18.2 Å². The Kier molecular flexibility index (Phi) is 5.12. The lowest BCUT2D eigenvalue weighted by atomic mass is 10.2. The fourth-order valence-electron chi connectivity index (χ4n) is 1.31. The maximum absolute atomic E-state index is 11.6. The third-order valence-corrected chi connectivity index (χ3v) is 2.58. The Morgan fingerprint density at radius 1 is 1.44 bits per heavy atom. The first-order valence-electron chi connectivity index (χ1n) is 5.38. The van der Waals surface area contributed by atoms with Gasteiger partial charge in [-0.2, -0.15) is 0 Å². The molecule has 0 unspecified atom stereocenters. The van der Waals surface area contributed by atoms with E-state index in [9.17, 15) is 4.79 Å². The molecular weight excluding hydrogens is 226 g/mol. The van der Waals surface area contributed by atoms with Crippen LogP contribution in [0, 0.1) is 0 Å². The quantitative estimate of drug-likeness (QED) is 0.489. The highest BCUT2D eigenvalue weighted by Gasteiger charge is 2.12. The van der Waals surface area contributed by atoms with Crippen molar-refractivity contribution < 1.29 is 9.53 Å². The number of ether oxygens (including phenoxy) is 1. The van der Waals surface area contributed by atoms with Crippen LogP contribution in [0.15, 0.2) is 18.2 Å². The third kappa shape index (κ3) is 3.42. The molecule has 0 aliphatic heterocycles. The highest BCUT2D eigenvalue weighted by Crippen LogP contribution is 2.22. The standard InChI is InChI=1S/C12H16ClNO2/c1-2-3-4-8-16-12(15)9-6-5-7-10(13)11(9)14/h5-7H,2-4,8,14H2,1H3. The van der Waals surface area contributed by atoms with Crippen molar-refractivity contribution in [2.24, 2.45) is 0 Å².